The van der Waals surface area contributed by atoms with Crippen LogP contribution in [-0.4, -0.2) is 6.71 Å². The maximum absolute atomic E-state index is 6.86. The van der Waals surface area contributed by atoms with Crippen molar-refractivity contribution in [3.63, 3.8) is 0 Å². The van der Waals surface area contributed by atoms with Gasteiger partial charge in [-0.05, 0) is 92.7 Å². The highest BCUT2D eigenvalue weighted by Gasteiger charge is 2.45. The first-order valence-electron chi connectivity index (χ1n) is 18.4. The molecule has 53 heavy (non-hydrogen) atoms. The summed E-state index contributed by atoms with van der Waals surface area (Å²) in [5.41, 5.74) is 14.0. The van der Waals surface area contributed by atoms with Crippen molar-refractivity contribution in [1.29, 1.82) is 0 Å². The predicted molar refractivity (Wildman–Crippen MR) is 219 cm³/mol. The summed E-state index contributed by atoms with van der Waals surface area (Å²) in [5, 5.41) is 2.45. The number of anilines is 3. The van der Waals surface area contributed by atoms with E-state index in [1.54, 1.807) is 0 Å². The Kier molecular flexibility index (Phi) is 6.39. The van der Waals surface area contributed by atoms with Crippen LogP contribution in [0.3, 0.4) is 0 Å². The van der Waals surface area contributed by atoms with Crippen molar-refractivity contribution in [2.75, 3.05) is 4.90 Å². The largest absolute Gasteiger partial charge is 0.458 e. The molecule has 2 aliphatic heterocycles. The summed E-state index contributed by atoms with van der Waals surface area (Å²) in [5.74, 6) is 3.54. The van der Waals surface area contributed by atoms with Crippen molar-refractivity contribution >= 4 is 50.9 Å². The molecule has 0 saturated heterocycles. The van der Waals surface area contributed by atoms with Gasteiger partial charge in [-0.25, -0.2) is 0 Å². The second-order valence-electron chi connectivity index (χ2n) is 14.8. The summed E-state index contributed by atoms with van der Waals surface area (Å²) in [4.78, 5) is 2.40. The molecular weight excluding hydrogens is 645 g/mol. The molecular formula is C49H34BNO2. The molecule has 0 aromatic heterocycles. The molecule has 0 unspecified atom stereocenters. The first kappa shape index (κ1) is 30.1. The van der Waals surface area contributed by atoms with Gasteiger partial charge in [0, 0.05) is 33.2 Å². The fourth-order valence-corrected chi connectivity index (χ4v) is 9.12. The molecule has 0 atom stereocenters. The lowest BCUT2D eigenvalue weighted by molar-refractivity contribution is 0.465. The van der Waals surface area contributed by atoms with Gasteiger partial charge in [0.1, 0.15) is 23.0 Å². The molecule has 2 heterocycles. The van der Waals surface area contributed by atoms with Crippen LogP contribution in [0.15, 0.2) is 170 Å². The maximum atomic E-state index is 6.86. The molecule has 0 radical (unpaired) electrons. The minimum Gasteiger partial charge on any atom is -0.458 e. The Morgan fingerprint density at radius 1 is 0.491 bits per heavy atom. The van der Waals surface area contributed by atoms with Crippen LogP contribution in [0.25, 0.3) is 33.0 Å². The lowest BCUT2D eigenvalue weighted by atomic mass is 9.34. The van der Waals surface area contributed by atoms with Crippen LogP contribution in [-0.2, 0) is 5.41 Å². The van der Waals surface area contributed by atoms with Crippen LogP contribution in [0.1, 0.15) is 25.0 Å². The summed E-state index contributed by atoms with van der Waals surface area (Å²) in [6.07, 6.45) is 0. The highest BCUT2D eigenvalue weighted by molar-refractivity contribution is 6.98. The molecule has 0 spiro atoms. The van der Waals surface area contributed by atoms with Gasteiger partial charge in [0.25, 0.3) is 6.71 Å². The van der Waals surface area contributed by atoms with Crippen LogP contribution < -0.4 is 30.8 Å². The van der Waals surface area contributed by atoms with Crippen molar-refractivity contribution in [1.82, 2.24) is 0 Å². The SMILES string of the molecule is CC1(C)c2cc3c(cc2-c2c1cc(N(c1ccccc1)c1ccccc1)c1ccccc21)Oc1cccc2c1B3c1cccc(-c3ccccc3)c1O2. The molecule has 0 saturated carbocycles. The molecule has 8 aromatic rings. The van der Waals surface area contributed by atoms with Crippen LogP contribution >= 0.6 is 0 Å². The number of fused-ring (bicyclic) bond motifs is 9. The van der Waals surface area contributed by atoms with E-state index in [9.17, 15) is 0 Å². The van der Waals surface area contributed by atoms with E-state index in [-0.39, 0.29) is 12.1 Å². The lowest BCUT2D eigenvalue weighted by Crippen LogP contribution is -2.57. The number of para-hydroxylation sites is 3. The smallest absolute Gasteiger partial charge is 0.260 e. The van der Waals surface area contributed by atoms with Crippen LogP contribution in [0.5, 0.6) is 23.0 Å². The van der Waals surface area contributed by atoms with Gasteiger partial charge in [0.05, 0.1) is 5.69 Å². The highest BCUT2D eigenvalue weighted by atomic mass is 16.5. The number of nitrogens with zero attached hydrogens (tertiary/aromatic N) is 1. The maximum Gasteiger partial charge on any atom is 0.260 e. The van der Waals surface area contributed by atoms with Crippen molar-refractivity contribution in [2.45, 2.75) is 19.3 Å². The third-order valence-corrected chi connectivity index (χ3v) is 11.6. The lowest BCUT2D eigenvalue weighted by Gasteiger charge is -2.34. The molecule has 4 heteroatoms. The van der Waals surface area contributed by atoms with Crippen molar-refractivity contribution < 1.29 is 9.47 Å². The molecule has 0 N–H and O–H groups in total. The van der Waals surface area contributed by atoms with Crippen molar-refractivity contribution in [3.05, 3.63) is 181 Å². The fourth-order valence-electron chi connectivity index (χ4n) is 9.12. The van der Waals surface area contributed by atoms with Gasteiger partial charge in [-0.2, -0.15) is 0 Å². The summed E-state index contributed by atoms with van der Waals surface area (Å²) in [6, 6.07) is 60.8. The predicted octanol–water partition coefficient (Wildman–Crippen LogP) is 11.0. The summed E-state index contributed by atoms with van der Waals surface area (Å²) >= 11 is 0. The number of hydrogen-bond donors (Lipinski definition) is 0. The van der Waals surface area contributed by atoms with Gasteiger partial charge in [-0.3, -0.25) is 0 Å². The number of rotatable bonds is 4. The van der Waals surface area contributed by atoms with E-state index in [1.165, 1.54) is 49.6 Å². The molecule has 250 valence electrons. The van der Waals surface area contributed by atoms with Gasteiger partial charge >= 0.3 is 0 Å². The van der Waals surface area contributed by atoms with E-state index >= 15 is 0 Å². The van der Waals surface area contributed by atoms with Gasteiger partial charge in [0.2, 0.25) is 0 Å². The standard InChI is InChI=1S/C49H34BNO2/c1-49(2)38-29-41-45(52-43-26-15-27-44-47(43)50(41)40-25-14-24-34(48(40)53-44)31-16-6-3-7-17-31)28-37(38)46-36-23-13-12-22-35(36)42(30-39(46)49)51(32-18-8-4-9-19-32)33-20-10-5-11-21-33/h3-30H,1-2H3. The van der Waals surface area contributed by atoms with Gasteiger partial charge < -0.3 is 14.4 Å². The minimum absolute atomic E-state index is 0.0267. The van der Waals surface area contributed by atoms with Crippen molar-refractivity contribution in [2.24, 2.45) is 0 Å². The van der Waals surface area contributed by atoms with E-state index in [0.29, 0.717) is 0 Å². The molecule has 0 fully saturated rings. The zero-order valence-electron chi connectivity index (χ0n) is 29.5. The molecule has 11 rings (SSSR count). The molecule has 0 bridgehead atoms. The Hall–Kier alpha value is -6.52. The van der Waals surface area contributed by atoms with E-state index in [0.717, 1.165) is 51.0 Å². The molecule has 1 aliphatic carbocycles. The second-order valence-corrected chi connectivity index (χ2v) is 14.8. The molecule has 0 amide bonds. The normalized spacial score (nSPS) is 13.9. The summed E-state index contributed by atoms with van der Waals surface area (Å²) in [6.45, 7) is 4.74. The van der Waals surface area contributed by atoms with E-state index < -0.39 is 0 Å². The zero-order valence-corrected chi connectivity index (χ0v) is 29.5. The second kappa shape index (κ2) is 11.2. The third-order valence-electron chi connectivity index (χ3n) is 11.6. The molecule has 8 aromatic carbocycles. The van der Waals surface area contributed by atoms with Crippen LogP contribution in [0.4, 0.5) is 17.1 Å². The average Bonchev–Trinajstić information content (AvgIpc) is 3.43. The van der Waals surface area contributed by atoms with Crippen LogP contribution in [0, 0.1) is 0 Å². The Labute approximate surface area is 309 Å². The number of benzene rings is 8. The first-order chi connectivity index (χ1) is 26.1. The summed E-state index contributed by atoms with van der Waals surface area (Å²) in [7, 11) is 0. The minimum atomic E-state index is -0.281. The first-order valence-corrected chi connectivity index (χ1v) is 18.4. The van der Waals surface area contributed by atoms with Gasteiger partial charge in [0.15, 0.2) is 0 Å². The Bertz CT molecular complexity index is 2720. The zero-order chi connectivity index (χ0) is 35.3. The van der Waals surface area contributed by atoms with E-state index in [4.69, 9.17) is 9.47 Å². The van der Waals surface area contributed by atoms with E-state index in [1.807, 2.05) is 6.07 Å². The molecule has 3 nitrogen and oxygen atoms in total. The molecule has 3 aliphatic rings. The Morgan fingerprint density at radius 2 is 1.11 bits per heavy atom. The Balaban J connectivity index is 1.14. The summed E-state index contributed by atoms with van der Waals surface area (Å²) < 4.78 is 13.6. The van der Waals surface area contributed by atoms with Crippen LogP contribution in [0.2, 0.25) is 0 Å². The monoisotopic (exact) mass is 679 g/mol. The fraction of sp³-hybridized carbons (Fsp3) is 0.0612. The number of hydrogen-bond acceptors (Lipinski definition) is 3. The highest BCUT2D eigenvalue weighted by Crippen LogP contribution is 2.55. The van der Waals surface area contributed by atoms with E-state index in [2.05, 4.69) is 183 Å². The Morgan fingerprint density at radius 3 is 1.83 bits per heavy atom. The quantitative estimate of drug-likeness (QED) is 0.173. The van der Waals surface area contributed by atoms with Gasteiger partial charge in [-0.15, -0.1) is 0 Å². The number of ether oxygens (including phenoxy) is 2. The third kappa shape index (κ3) is 4.36. The topological polar surface area (TPSA) is 21.7 Å². The van der Waals surface area contributed by atoms with Crippen molar-refractivity contribution in [3.8, 4) is 45.3 Å². The average molecular weight is 680 g/mol. The van der Waals surface area contributed by atoms with Gasteiger partial charge in [-0.1, -0.05) is 135 Å².